The summed E-state index contributed by atoms with van der Waals surface area (Å²) >= 11 is 7.77. The molecule has 2 nitrogen and oxygen atoms in total. The van der Waals surface area contributed by atoms with Crippen LogP contribution in [0.4, 0.5) is 8.78 Å². The van der Waals surface area contributed by atoms with Crippen molar-refractivity contribution in [3.63, 3.8) is 0 Å². The van der Waals surface area contributed by atoms with E-state index in [-0.39, 0.29) is 10.9 Å². The molecule has 0 aliphatic heterocycles. The zero-order chi connectivity index (χ0) is 15.0. The van der Waals surface area contributed by atoms with Gasteiger partial charge < -0.3 is 4.57 Å². The van der Waals surface area contributed by atoms with E-state index in [2.05, 4.69) is 4.98 Å². The summed E-state index contributed by atoms with van der Waals surface area (Å²) in [4.78, 5) is 5.52. The molecule has 1 aromatic carbocycles. The molecule has 0 aliphatic rings. The predicted molar refractivity (Wildman–Crippen MR) is 81.9 cm³/mol. The van der Waals surface area contributed by atoms with E-state index in [0.29, 0.717) is 17.9 Å². The second-order valence-corrected chi connectivity index (χ2v) is 6.48. The van der Waals surface area contributed by atoms with Gasteiger partial charge in [0, 0.05) is 11.4 Å². The van der Waals surface area contributed by atoms with Gasteiger partial charge in [-0.2, -0.15) is 0 Å². The summed E-state index contributed by atoms with van der Waals surface area (Å²) in [7, 11) is 0. The Balaban J connectivity index is 2.08. The number of hydrogen-bond donors (Lipinski definition) is 0. The van der Waals surface area contributed by atoms with Crippen LogP contribution in [0.3, 0.4) is 0 Å². The van der Waals surface area contributed by atoms with E-state index in [4.69, 9.17) is 11.6 Å². The SMILES string of the molecule is CC(Cl)c1nc2ccc(F)c(F)c2n1CCc1cccs1. The Morgan fingerprint density at radius 1 is 1.33 bits per heavy atom. The maximum absolute atomic E-state index is 14.1. The first-order valence-corrected chi connectivity index (χ1v) is 7.90. The number of benzene rings is 1. The molecule has 0 aliphatic carbocycles. The number of alkyl halides is 1. The lowest BCUT2D eigenvalue weighted by Crippen LogP contribution is -2.07. The highest BCUT2D eigenvalue weighted by atomic mass is 35.5. The molecule has 0 fully saturated rings. The standard InChI is InChI=1S/C15H13ClF2N2S/c1-9(16)15-19-12-5-4-11(17)13(18)14(12)20(15)7-6-10-3-2-8-21-10/h2-5,8-9H,6-7H2,1H3. The Morgan fingerprint density at radius 3 is 2.81 bits per heavy atom. The first-order valence-electron chi connectivity index (χ1n) is 6.58. The summed E-state index contributed by atoms with van der Waals surface area (Å²) < 4.78 is 29.3. The fraction of sp³-hybridized carbons (Fsp3) is 0.267. The van der Waals surface area contributed by atoms with Crippen LogP contribution in [0.5, 0.6) is 0 Å². The van der Waals surface area contributed by atoms with Gasteiger partial charge in [0.1, 0.15) is 11.3 Å². The zero-order valence-electron chi connectivity index (χ0n) is 11.3. The van der Waals surface area contributed by atoms with Gasteiger partial charge in [0.2, 0.25) is 0 Å². The van der Waals surface area contributed by atoms with E-state index in [0.717, 1.165) is 12.5 Å². The van der Waals surface area contributed by atoms with Crippen LogP contribution in [0.1, 0.15) is 23.0 Å². The van der Waals surface area contributed by atoms with Crippen LogP contribution in [0.2, 0.25) is 0 Å². The Kier molecular flexibility index (Phi) is 3.95. The van der Waals surface area contributed by atoms with Crippen LogP contribution in [0.25, 0.3) is 11.0 Å². The van der Waals surface area contributed by atoms with Gasteiger partial charge in [-0.25, -0.2) is 13.8 Å². The molecule has 1 atom stereocenters. The second-order valence-electron chi connectivity index (χ2n) is 4.80. The molecule has 21 heavy (non-hydrogen) atoms. The third-order valence-corrected chi connectivity index (χ3v) is 4.48. The van der Waals surface area contributed by atoms with Crippen LogP contribution in [-0.4, -0.2) is 9.55 Å². The third kappa shape index (κ3) is 2.68. The number of nitrogens with zero attached hydrogens (tertiary/aromatic N) is 2. The van der Waals surface area contributed by atoms with Gasteiger partial charge in [-0.15, -0.1) is 22.9 Å². The fourth-order valence-electron chi connectivity index (χ4n) is 2.38. The molecule has 3 rings (SSSR count). The Hall–Kier alpha value is -1.46. The fourth-order valence-corrected chi connectivity index (χ4v) is 3.25. The van der Waals surface area contributed by atoms with Gasteiger partial charge in [-0.3, -0.25) is 0 Å². The Labute approximate surface area is 130 Å². The van der Waals surface area contributed by atoms with Gasteiger partial charge in [0.15, 0.2) is 11.6 Å². The highest BCUT2D eigenvalue weighted by molar-refractivity contribution is 7.09. The average molecular weight is 327 g/mol. The van der Waals surface area contributed by atoms with Crippen LogP contribution < -0.4 is 0 Å². The van der Waals surface area contributed by atoms with Crippen LogP contribution in [0, 0.1) is 11.6 Å². The minimum absolute atomic E-state index is 0.189. The molecule has 0 radical (unpaired) electrons. The van der Waals surface area contributed by atoms with E-state index >= 15 is 0 Å². The van der Waals surface area contributed by atoms with Gasteiger partial charge in [-0.1, -0.05) is 6.07 Å². The van der Waals surface area contributed by atoms with Crippen molar-refractivity contribution in [1.29, 1.82) is 0 Å². The van der Waals surface area contributed by atoms with Crippen molar-refractivity contribution in [2.45, 2.75) is 25.3 Å². The highest BCUT2D eigenvalue weighted by Crippen LogP contribution is 2.28. The number of fused-ring (bicyclic) bond motifs is 1. The monoisotopic (exact) mass is 326 g/mol. The molecular weight excluding hydrogens is 314 g/mol. The lowest BCUT2D eigenvalue weighted by molar-refractivity contribution is 0.510. The van der Waals surface area contributed by atoms with Gasteiger partial charge in [0.05, 0.1) is 10.9 Å². The second kappa shape index (κ2) is 5.73. The quantitative estimate of drug-likeness (QED) is 0.622. The first kappa shape index (κ1) is 14.5. The van der Waals surface area contributed by atoms with Crippen LogP contribution in [-0.2, 0) is 13.0 Å². The smallest absolute Gasteiger partial charge is 0.184 e. The van der Waals surface area contributed by atoms with Gasteiger partial charge in [0.25, 0.3) is 0 Å². The summed E-state index contributed by atoms with van der Waals surface area (Å²) in [6.45, 7) is 2.29. The summed E-state index contributed by atoms with van der Waals surface area (Å²) in [5, 5.41) is 1.62. The maximum atomic E-state index is 14.1. The molecule has 0 spiro atoms. The third-order valence-electron chi connectivity index (χ3n) is 3.35. The average Bonchev–Trinajstić information content (AvgIpc) is 3.08. The molecule has 0 bridgehead atoms. The molecule has 110 valence electrons. The molecule has 0 N–H and O–H groups in total. The highest BCUT2D eigenvalue weighted by Gasteiger charge is 2.19. The number of imidazole rings is 1. The molecule has 2 aromatic heterocycles. The Bertz CT molecular complexity index is 766. The van der Waals surface area contributed by atoms with Gasteiger partial charge >= 0.3 is 0 Å². The van der Waals surface area contributed by atoms with Crippen LogP contribution in [0.15, 0.2) is 29.6 Å². The summed E-state index contributed by atoms with van der Waals surface area (Å²) in [6.07, 6.45) is 0.732. The number of aryl methyl sites for hydroxylation is 2. The van der Waals surface area contributed by atoms with E-state index < -0.39 is 11.6 Å². The van der Waals surface area contributed by atoms with E-state index in [1.165, 1.54) is 10.9 Å². The largest absolute Gasteiger partial charge is 0.324 e. The summed E-state index contributed by atoms with van der Waals surface area (Å²) in [5.74, 6) is -1.17. The lowest BCUT2D eigenvalue weighted by Gasteiger charge is -2.10. The number of halogens is 3. The normalized spacial score (nSPS) is 13.0. The molecule has 0 amide bonds. The molecule has 3 aromatic rings. The van der Waals surface area contributed by atoms with Crippen molar-refractivity contribution < 1.29 is 8.78 Å². The van der Waals surface area contributed by atoms with Crippen molar-refractivity contribution in [2.75, 3.05) is 0 Å². The summed E-state index contributed by atoms with van der Waals surface area (Å²) in [5.41, 5.74) is 0.622. The number of rotatable bonds is 4. The van der Waals surface area contributed by atoms with Crippen molar-refractivity contribution >= 4 is 34.0 Å². The van der Waals surface area contributed by atoms with Crippen molar-refractivity contribution in [3.8, 4) is 0 Å². The zero-order valence-corrected chi connectivity index (χ0v) is 12.9. The molecule has 0 saturated heterocycles. The minimum Gasteiger partial charge on any atom is -0.324 e. The topological polar surface area (TPSA) is 17.8 Å². The first-order chi connectivity index (χ1) is 10.1. The van der Waals surface area contributed by atoms with Crippen molar-refractivity contribution in [1.82, 2.24) is 9.55 Å². The summed E-state index contributed by atoms with van der Waals surface area (Å²) in [6, 6.07) is 6.57. The number of aromatic nitrogens is 2. The van der Waals surface area contributed by atoms with E-state index in [1.54, 1.807) is 22.8 Å². The number of thiophene rings is 1. The van der Waals surface area contributed by atoms with E-state index in [9.17, 15) is 8.78 Å². The van der Waals surface area contributed by atoms with Crippen molar-refractivity contribution in [2.24, 2.45) is 0 Å². The molecule has 0 saturated carbocycles. The maximum Gasteiger partial charge on any atom is 0.184 e. The Morgan fingerprint density at radius 2 is 2.14 bits per heavy atom. The molecule has 2 heterocycles. The predicted octanol–water partition coefficient (Wildman–Crippen LogP) is 4.92. The van der Waals surface area contributed by atoms with Gasteiger partial charge in [-0.05, 0) is 36.9 Å². The number of hydrogen-bond acceptors (Lipinski definition) is 2. The van der Waals surface area contributed by atoms with Crippen molar-refractivity contribution in [3.05, 3.63) is 52.0 Å². The van der Waals surface area contributed by atoms with Crippen LogP contribution >= 0.6 is 22.9 Å². The van der Waals surface area contributed by atoms with E-state index in [1.807, 2.05) is 17.5 Å². The minimum atomic E-state index is -0.867. The lowest BCUT2D eigenvalue weighted by atomic mass is 10.2. The molecule has 1 unspecified atom stereocenters. The molecular formula is C15H13ClF2N2S. The molecule has 6 heteroatoms.